The van der Waals surface area contributed by atoms with E-state index in [-0.39, 0.29) is 0 Å². The maximum Gasteiger partial charge on any atom is 0.428 e. The highest BCUT2D eigenvalue weighted by molar-refractivity contribution is 6.00. The van der Waals surface area contributed by atoms with E-state index < -0.39 is 11.7 Å². The van der Waals surface area contributed by atoms with Crippen LogP contribution in [0.5, 0.6) is 17.2 Å². The number of hydrogen-bond donors (Lipinski definition) is 1. The minimum Gasteiger partial charge on any atom is -0.493 e. The van der Waals surface area contributed by atoms with E-state index in [9.17, 15) is 4.79 Å². The third-order valence-corrected chi connectivity index (χ3v) is 2.80. The van der Waals surface area contributed by atoms with Gasteiger partial charge >= 0.3 is 6.09 Å². The van der Waals surface area contributed by atoms with Gasteiger partial charge in [0.05, 0.1) is 27.0 Å². The van der Waals surface area contributed by atoms with Crippen LogP contribution in [0.2, 0.25) is 0 Å². The Kier molecular flexibility index (Phi) is 6.24. The van der Waals surface area contributed by atoms with Crippen molar-refractivity contribution in [3.8, 4) is 17.2 Å². The maximum atomic E-state index is 11.6. The molecule has 0 saturated heterocycles. The van der Waals surface area contributed by atoms with Crippen molar-refractivity contribution < 1.29 is 23.7 Å². The van der Waals surface area contributed by atoms with Crippen LogP contribution in [0.3, 0.4) is 0 Å². The largest absolute Gasteiger partial charge is 0.493 e. The van der Waals surface area contributed by atoms with Crippen molar-refractivity contribution in [2.24, 2.45) is 5.10 Å². The number of carbonyl (C=O) groups is 1. The van der Waals surface area contributed by atoms with Crippen LogP contribution in [-0.4, -0.2) is 38.7 Å². The first-order chi connectivity index (χ1) is 10.7. The van der Waals surface area contributed by atoms with Crippen molar-refractivity contribution in [2.75, 3.05) is 21.3 Å². The first-order valence-corrected chi connectivity index (χ1v) is 7.05. The fraction of sp³-hybridized carbons (Fsp3) is 0.500. The molecule has 1 aromatic rings. The quantitative estimate of drug-likeness (QED) is 0.665. The molecule has 7 nitrogen and oxygen atoms in total. The molecule has 0 aromatic heterocycles. The van der Waals surface area contributed by atoms with E-state index in [1.54, 1.807) is 39.8 Å². The summed E-state index contributed by atoms with van der Waals surface area (Å²) in [7, 11) is 4.60. The number of nitrogens with one attached hydrogen (secondary N) is 1. The molecule has 0 atom stereocenters. The summed E-state index contributed by atoms with van der Waals surface area (Å²) in [5, 5.41) is 4.02. The van der Waals surface area contributed by atoms with Gasteiger partial charge in [-0.15, -0.1) is 0 Å². The van der Waals surface area contributed by atoms with Crippen molar-refractivity contribution in [2.45, 2.75) is 33.3 Å². The molecule has 0 saturated carbocycles. The van der Waals surface area contributed by atoms with Crippen molar-refractivity contribution in [3.63, 3.8) is 0 Å². The Hall–Kier alpha value is -2.44. The second kappa shape index (κ2) is 7.71. The van der Waals surface area contributed by atoms with Crippen molar-refractivity contribution in [3.05, 3.63) is 17.7 Å². The predicted molar refractivity (Wildman–Crippen MR) is 87.7 cm³/mol. The van der Waals surface area contributed by atoms with E-state index in [1.165, 1.54) is 21.3 Å². The molecule has 0 bridgehead atoms. The lowest BCUT2D eigenvalue weighted by Crippen LogP contribution is -2.30. The summed E-state index contributed by atoms with van der Waals surface area (Å²) in [5.41, 5.74) is 3.05. The molecule has 0 spiro atoms. The molecule has 1 amide bonds. The first kappa shape index (κ1) is 18.6. The number of hydrogen-bond acceptors (Lipinski definition) is 6. The van der Waals surface area contributed by atoms with Crippen LogP contribution >= 0.6 is 0 Å². The van der Waals surface area contributed by atoms with Crippen LogP contribution in [0.1, 0.15) is 33.3 Å². The molecule has 0 unspecified atom stereocenters. The fourth-order valence-corrected chi connectivity index (χ4v) is 1.78. The predicted octanol–water partition coefficient (Wildman–Crippen LogP) is 2.96. The summed E-state index contributed by atoms with van der Waals surface area (Å²) in [6.45, 7) is 7.09. The lowest BCUT2D eigenvalue weighted by molar-refractivity contribution is 0.0529. The van der Waals surface area contributed by atoms with E-state index >= 15 is 0 Å². The molecular formula is C16H24N2O5. The topological polar surface area (TPSA) is 78.4 Å². The van der Waals surface area contributed by atoms with Gasteiger partial charge in [-0.1, -0.05) is 0 Å². The van der Waals surface area contributed by atoms with E-state index in [2.05, 4.69) is 10.5 Å². The van der Waals surface area contributed by atoms with Gasteiger partial charge in [-0.05, 0) is 39.8 Å². The summed E-state index contributed by atoms with van der Waals surface area (Å²) in [4.78, 5) is 11.6. The number of carbonyl (C=O) groups excluding carboxylic acids is 1. The van der Waals surface area contributed by atoms with Crippen molar-refractivity contribution in [1.82, 2.24) is 5.43 Å². The molecule has 0 fully saturated rings. The normalized spacial score (nSPS) is 11.7. The number of benzene rings is 1. The molecule has 0 heterocycles. The highest BCUT2D eigenvalue weighted by Crippen LogP contribution is 2.38. The molecule has 1 aromatic carbocycles. The van der Waals surface area contributed by atoms with Crippen LogP contribution in [0, 0.1) is 0 Å². The van der Waals surface area contributed by atoms with Crippen LogP contribution in [0.4, 0.5) is 4.79 Å². The Balaban J connectivity index is 3.01. The molecule has 1 N–H and O–H groups in total. The summed E-state index contributed by atoms with van der Waals surface area (Å²) in [5.74, 6) is 1.51. The summed E-state index contributed by atoms with van der Waals surface area (Å²) in [6, 6.07) is 3.49. The highest BCUT2D eigenvalue weighted by Gasteiger charge is 2.17. The smallest absolute Gasteiger partial charge is 0.428 e. The standard InChI is InChI=1S/C16H24N2O5/c1-10(17-18-15(19)23-16(2,3)4)11-8-12(20-5)14(22-7)13(9-11)21-6/h8-9H,1-7H3,(H,18,19)/b17-10-. The van der Waals surface area contributed by atoms with Crippen molar-refractivity contribution in [1.29, 1.82) is 0 Å². The Morgan fingerprint density at radius 1 is 1.04 bits per heavy atom. The van der Waals surface area contributed by atoms with Gasteiger partial charge in [-0.25, -0.2) is 10.2 Å². The molecule has 7 heteroatoms. The SMILES string of the molecule is COc1cc(/C(C)=N\NC(=O)OC(C)(C)C)cc(OC)c1OC. The van der Waals surface area contributed by atoms with Crippen LogP contribution in [-0.2, 0) is 4.74 Å². The van der Waals surface area contributed by atoms with E-state index in [0.717, 1.165) is 5.56 Å². The molecule has 0 aliphatic rings. The summed E-state index contributed by atoms with van der Waals surface area (Å²) in [6.07, 6.45) is -0.621. The molecule has 1 rings (SSSR count). The monoisotopic (exact) mass is 324 g/mol. The number of methoxy groups -OCH3 is 3. The van der Waals surface area contributed by atoms with Gasteiger partial charge in [-0.2, -0.15) is 5.10 Å². The van der Waals surface area contributed by atoms with E-state index in [1.807, 2.05) is 0 Å². The number of hydrazone groups is 1. The molecule has 0 aliphatic heterocycles. The zero-order valence-corrected chi connectivity index (χ0v) is 14.6. The van der Waals surface area contributed by atoms with Gasteiger partial charge < -0.3 is 18.9 Å². The average molecular weight is 324 g/mol. The lowest BCUT2D eigenvalue weighted by Gasteiger charge is -2.18. The van der Waals surface area contributed by atoms with Gasteiger partial charge in [0, 0.05) is 5.56 Å². The van der Waals surface area contributed by atoms with Gasteiger partial charge in [-0.3, -0.25) is 0 Å². The molecule has 0 radical (unpaired) electrons. The highest BCUT2D eigenvalue weighted by atomic mass is 16.6. The number of rotatable bonds is 5. The Morgan fingerprint density at radius 2 is 1.57 bits per heavy atom. The number of ether oxygens (including phenoxy) is 4. The van der Waals surface area contributed by atoms with Crippen LogP contribution in [0.25, 0.3) is 0 Å². The van der Waals surface area contributed by atoms with Crippen LogP contribution in [0.15, 0.2) is 17.2 Å². The fourth-order valence-electron chi connectivity index (χ4n) is 1.78. The van der Waals surface area contributed by atoms with Gasteiger partial charge in [0.1, 0.15) is 5.60 Å². The van der Waals surface area contributed by atoms with Gasteiger partial charge in [0.25, 0.3) is 0 Å². The van der Waals surface area contributed by atoms with Crippen molar-refractivity contribution >= 4 is 11.8 Å². The minimum atomic E-state index is -0.621. The third kappa shape index (κ3) is 5.36. The minimum absolute atomic E-state index is 0.492. The molecule has 0 aliphatic carbocycles. The van der Waals surface area contributed by atoms with E-state index in [4.69, 9.17) is 18.9 Å². The third-order valence-electron chi connectivity index (χ3n) is 2.80. The lowest BCUT2D eigenvalue weighted by atomic mass is 10.1. The molecule has 128 valence electrons. The zero-order chi connectivity index (χ0) is 17.6. The molecule has 23 heavy (non-hydrogen) atoms. The Morgan fingerprint density at radius 3 is 1.96 bits per heavy atom. The average Bonchev–Trinajstić information content (AvgIpc) is 2.49. The van der Waals surface area contributed by atoms with Gasteiger partial charge in [0.15, 0.2) is 11.5 Å². The summed E-state index contributed by atoms with van der Waals surface area (Å²) >= 11 is 0. The maximum absolute atomic E-state index is 11.6. The van der Waals surface area contributed by atoms with Crippen LogP contribution < -0.4 is 19.6 Å². The van der Waals surface area contributed by atoms with Gasteiger partial charge in [0.2, 0.25) is 5.75 Å². The first-order valence-electron chi connectivity index (χ1n) is 7.05. The second-order valence-corrected chi connectivity index (χ2v) is 5.72. The Labute approximate surface area is 136 Å². The second-order valence-electron chi connectivity index (χ2n) is 5.72. The number of nitrogens with zero attached hydrogens (tertiary/aromatic N) is 1. The molecular weight excluding hydrogens is 300 g/mol. The Bertz CT molecular complexity index is 566. The zero-order valence-electron chi connectivity index (χ0n) is 14.6. The van der Waals surface area contributed by atoms with E-state index in [0.29, 0.717) is 23.0 Å². The number of amides is 1. The summed E-state index contributed by atoms with van der Waals surface area (Å²) < 4.78 is 21.0.